The van der Waals surface area contributed by atoms with E-state index in [9.17, 15) is 9.59 Å². The molecule has 2 amide bonds. The van der Waals surface area contributed by atoms with E-state index in [1.807, 2.05) is 19.2 Å². The van der Waals surface area contributed by atoms with Gasteiger partial charge in [0.25, 0.3) is 0 Å². The number of amides is 2. The van der Waals surface area contributed by atoms with Crippen molar-refractivity contribution in [2.45, 2.75) is 44.8 Å². The Labute approximate surface area is 117 Å². The minimum atomic E-state index is -0.881. The number of rotatable bonds is 7. The van der Waals surface area contributed by atoms with Gasteiger partial charge in [0.05, 0.1) is 13.0 Å². The summed E-state index contributed by atoms with van der Waals surface area (Å²) >= 11 is 0. The van der Waals surface area contributed by atoms with E-state index in [0.717, 1.165) is 12.8 Å². The molecule has 1 aliphatic carbocycles. The molecule has 2 N–H and O–H groups in total. The number of carboxylic acids is 1. The van der Waals surface area contributed by atoms with Crippen LogP contribution in [0, 0.1) is 0 Å². The highest BCUT2D eigenvalue weighted by molar-refractivity contribution is 5.76. The molecule has 0 saturated heterocycles. The van der Waals surface area contributed by atoms with Crippen LogP contribution in [-0.4, -0.2) is 50.4 Å². The summed E-state index contributed by atoms with van der Waals surface area (Å²) in [6.07, 6.45) is 5.43. The standard InChI is InChI=1S/C13H20N4O3/c1-10(9-16-7-2-6-14-16)15-13(20)17(11-3-4-11)8-5-12(18)19/h2,6-7,10-11H,3-5,8-9H2,1H3,(H,15,20)(H,18,19). The summed E-state index contributed by atoms with van der Waals surface area (Å²) < 4.78 is 1.75. The highest BCUT2D eigenvalue weighted by atomic mass is 16.4. The maximum Gasteiger partial charge on any atom is 0.317 e. The number of hydrogen-bond donors (Lipinski definition) is 2. The van der Waals surface area contributed by atoms with Gasteiger partial charge in [0.1, 0.15) is 0 Å². The van der Waals surface area contributed by atoms with E-state index in [2.05, 4.69) is 10.4 Å². The zero-order chi connectivity index (χ0) is 14.5. The summed E-state index contributed by atoms with van der Waals surface area (Å²) in [6, 6.07) is 1.78. The quantitative estimate of drug-likeness (QED) is 0.777. The summed E-state index contributed by atoms with van der Waals surface area (Å²) in [7, 11) is 0. The summed E-state index contributed by atoms with van der Waals surface area (Å²) in [5, 5.41) is 15.7. The Bertz CT molecular complexity index is 456. The Morgan fingerprint density at radius 1 is 1.55 bits per heavy atom. The summed E-state index contributed by atoms with van der Waals surface area (Å²) in [6.45, 7) is 2.76. The fourth-order valence-electron chi connectivity index (χ4n) is 2.08. The van der Waals surface area contributed by atoms with Crippen LogP contribution in [0.2, 0.25) is 0 Å². The average Bonchev–Trinajstić information content (AvgIpc) is 3.07. The van der Waals surface area contributed by atoms with Crippen molar-refractivity contribution >= 4 is 12.0 Å². The highest BCUT2D eigenvalue weighted by Crippen LogP contribution is 2.27. The number of nitrogens with one attached hydrogen (secondary N) is 1. The van der Waals surface area contributed by atoms with Gasteiger partial charge >= 0.3 is 12.0 Å². The van der Waals surface area contributed by atoms with Gasteiger partial charge in [-0.2, -0.15) is 5.10 Å². The maximum atomic E-state index is 12.2. The zero-order valence-corrected chi connectivity index (χ0v) is 11.5. The molecule has 0 aliphatic heterocycles. The number of carbonyl (C=O) groups excluding carboxylic acids is 1. The molecule has 1 aliphatic rings. The van der Waals surface area contributed by atoms with Crippen LogP contribution < -0.4 is 5.32 Å². The van der Waals surface area contributed by atoms with Gasteiger partial charge < -0.3 is 15.3 Å². The van der Waals surface area contributed by atoms with Crippen LogP contribution >= 0.6 is 0 Å². The molecule has 1 heterocycles. The van der Waals surface area contributed by atoms with Crippen LogP contribution in [0.5, 0.6) is 0 Å². The minimum Gasteiger partial charge on any atom is -0.481 e. The molecule has 7 nitrogen and oxygen atoms in total. The van der Waals surface area contributed by atoms with Gasteiger partial charge in [-0.15, -0.1) is 0 Å². The van der Waals surface area contributed by atoms with E-state index < -0.39 is 5.97 Å². The molecular formula is C13H20N4O3. The molecule has 7 heteroatoms. The molecule has 0 aromatic carbocycles. The van der Waals surface area contributed by atoms with E-state index in [1.165, 1.54) is 0 Å². The van der Waals surface area contributed by atoms with Gasteiger partial charge in [-0.25, -0.2) is 4.79 Å². The van der Waals surface area contributed by atoms with Crippen molar-refractivity contribution in [3.05, 3.63) is 18.5 Å². The average molecular weight is 280 g/mol. The first-order valence-corrected chi connectivity index (χ1v) is 6.82. The van der Waals surface area contributed by atoms with Crippen molar-refractivity contribution in [1.29, 1.82) is 0 Å². The first-order valence-electron chi connectivity index (χ1n) is 6.82. The molecule has 1 aromatic heterocycles. The Hall–Kier alpha value is -2.05. The van der Waals surface area contributed by atoms with Crippen molar-refractivity contribution in [2.24, 2.45) is 0 Å². The molecule has 110 valence electrons. The third kappa shape index (κ3) is 4.25. The topological polar surface area (TPSA) is 87.5 Å². The molecule has 1 unspecified atom stereocenters. The van der Waals surface area contributed by atoms with Crippen molar-refractivity contribution in [2.75, 3.05) is 6.54 Å². The van der Waals surface area contributed by atoms with Crippen molar-refractivity contribution in [1.82, 2.24) is 20.0 Å². The lowest BCUT2D eigenvalue weighted by Gasteiger charge is -2.24. The third-order valence-electron chi connectivity index (χ3n) is 3.21. The maximum absolute atomic E-state index is 12.2. The Morgan fingerprint density at radius 2 is 2.30 bits per heavy atom. The number of nitrogens with zero attached hydrogens (tertiary/aromatic N) is 3. The Morgan fingerprint density at radius 3 is 2.85 bits per heavy atom. The zero-order valence-electron chi connectivity index (χ0n) is 11.5. The van der Waals surface area contributed by atoms with Gasteiger partial charge in [-0.05, 0) is 25.8 Å². The third-order valence-corrected chi connectivity index (χ3v) is 3.21. The van der Waals surface area contributed by atoms with Crippen molar-refractivity contribution in [3.63, 3.8) is 0 Å². The molecule has 1 saturated carbocycles. The van der Waals surface area contributed by atoms with Crippen LogP contribution in [0.3, 0.4) is 0 Å². The molecular weight excluding hydrogens is 260 g/mol. The second-order valence-corrected chi connectivity index (χ2v) is 5.15. The molecule has 2 rings (SSSR count). The summed E-state index contributed by atoms with van der Waals surface area (Å²) in [5.74, 6) is -0.881. The highest BCUT2D eigenvalue weighted by Gasteiger charge is 2.33. The monoisotopic (exact) mass is 280 g/mol. The SMILES string of the molecule is CC(Cn1cccn1)NC(=O)N(CCC(=O)O)C1CC1. The van der Waals surface area contributed by atoms with Gasteiger partial charge in [-0.1, -0.05) is 0 Å². The van der Waals surface area contributed by atoms with Gasteiger partial charge in [0, 0.05) is 31.0 Å². The smallest absolute Gasteiger partial charge is 0.317 e. The number of carboxylic acid groups (broad SMARTS) is 1. The van der Waals surface area contributed by atoms with E-state index in [1.54, 1.807) is 15.8 Å². The molecule has 0 radical (unpaired) electrons. The second-order valence-electron chi connectivity index (χ2n) is 5.15. The Balaban J connectivity index is 1.82. The number of hydrogen-bond acceptors (Lipinski definition) is 3. The van der Waals surface area contributed by atoms with E-state index in [-0.39, 0.29) is 31.1 Å². The van der Waals surface area contributed by atoms with E-state index in [0.29, 0.717) is 6.54 Å². The fourth-order valence-corrected chi connectivity index (χ4v) is 2.08. The van der Waals surface area contributed by atoms with Gasteiger partial charge in [-0.3, -0.25) is 9.48 Å². The molecule has 20 heavy (non-hydrogen) atoms. The van der Waals surface area contributed by atoms with Crippen LogP contribution in [0.25, 0.3) is 0 Å². The predicted octanol–water partition coefficient (Wildman–Crippen LogP) is 0.920. The first kappa shape index (κ1) is 14.4. The lowest BCUT2D eigenvalue weighted by Crippen LogP contribution is -2.46. The lowest BCUT2D eigenvalue weighted by molar-refractivity contribution is -0.137. The number of aliphatic carboxylic acids is 1. The van der Waals surface area contributed by atoms with Crippen LogP contribution in [0.4, 0.5) is 4.79 Å². The number of carbonyl (C=O) groups is 2. The number of urea groups is 1. The van der Waals surface area contributed by atoms with Gasteiger partial charge in [0.2, 0.25) is 0 Å². The molecule has 0 bridgehead atoms. The molecule has 1 aromatic rings. The Kier molecular flexibility index (Phi) is 4.60. The molecule has 1 fully saturated rings. The van der Waals surface area contributed by atoms with E-state index >= 15 is 0 Å². The largest absolute Gasteiger partial charge is 0.481 e. The van der Waals surface area contributed by atoms with Crippen LogP contribution in [0.15, 0.2) is 18.5 Å². The fraction of sp³-hybridized carbons (Fsp3) is 0.615. The van der Waals surface area contributed by atoms with E-state index in [4.69, 9.17) is 5.11 Å². The number of aromatic nitrogens is 2. The summed E-state index contributed by atoms with van der Waals surface area (Å²) in [4.78, 5) is 24.4. The van der Waals surface area contributed by atoms with Crippen molar-refractivity contribution in [3.8, 4) is 0 Å². The summed E-state index contributed by atoms with van der Waals surface area (Å²) in [5.41, 5.74) is 0. The van der Waals surface area contributed by atoms with Crippen LogP contribution in [0.1, 0.15) is 26.2 Å². The normalized spacial score (nSPS) is 15.7. The first-order chi connectivity index (χ1) is 9.56. The van der Waals surface area contributed by atoms with Crippen LogP contribution in [-0.2, 0) is 11.3 Å². The lowest BCUT2D eigenvalue weighted by atomic mass is 10.3. The molecule has 0 spiro atoms. The van der Waals surface area contributed by atoms with Gasteiger partial charge in [0.15, 0.2) is 0 Å². The molecule has 1 atom stereocenters. The second kappa shape index (κ2) is 6.40. The van der Waals surface area contributed by atoms with Crippen molar-refractivity contribution < 1.29 is 14.7 Å². The predicted molar refractivity (Wildman–Crippen MR) is 72.2 cm³/mol. The minimum absolute atomic E-state index is 0.0164.